The van der Waals surface area contributed by atoms with Gasteiger partial charge in [-0.3, -0.25) is 4.18 Å². The molecule has 0 bridgehead atoms. The maximum atomic E-state index is 11.0. The summed E-state index contributed by atoms with van der Waals surface area (Å²) >= 11 is 0. The van der Waals surface area contributed by atoms with Crippen LogP contribution in [0.3, 0.4) is 0 Å². The molecule has 1 saturated heterocycles. The monoisotopic (exact) mass is 256 g/mol. The third-order valence-corrected chi connectivity index (χ3v) is 3.70. The smallest absolute Gasteiger partial charge is 0.267 e. The zero-order valence-corrected chi connectivity index (χ0v) is 9.88. The van der Waals surface area contributed by atoms with E-state index in [4.69, 9.17) is 9.47 Å². The van der Waals surface area contributed by atoms with Gasteiger partial charge in [-0.25, -0.2) is 0 Å². The fourth-order valence-corrected chi connectivity index (χ4v) is 2.18. The third kappa shape index (κ3) is 3.12. The largest absolute Gasteiger partial charge is 0.387 e. The van der Waals surface area contributed by atoms with Crippen LogP contribution in [0.1, 0.15) is 6.42 Å². The summed E-state index contributed by atoms with van der Waals surface area (Å²) < 4.78 is 36.2. The van der Waals surface area contributed by atoms with E-state index in [-0.39, 0.29) is 12.2 Å². The first-order valence-electron chi connectivity index (χ1n) is 4.74. The molecule has 4 atom stereocenters. The maximum absolute atomic E-state index is 11.0. The molecule has 0 aromatic carbocycles. The number of aliphatic hydroxyl groups excluding tert-OH is 2. The third-order valence-electron chi connectivity index (χ3n) is 2.46. The summed E-state index contributed by atoms with van der Waals surface area (Å²) in [6.07, 6.45) is -3.98. The molecule has 1 fully saturated rings. The van der Waals surface area contributed by atoms with E-state index in [1.54, 1.807) is 0 Å². The van der Waals surface area contributed by atoms with E-state index in [1.807, 2.05) is 0 Å². The van der Waals surface area contributed by atoms with Crippen LogP contribution in [-0.2, 0) is 23.8 Å². The second-order valence-electron chi connectivity index (χ2n) is 3.48. The summed E-state index contributed by atoms with van der Waals surface area (Å²) in [5, 5.41) is 19.0. The Morgan fingerprint density at radius 2 is 1.88 bits per heavy atom. The Labute approximate surface area is 94.1 Å². The van der Waals surface area contributed by atoms with Gasteiger partial charge in [0.05, 0.1) is 19.0 Å². The summed E-state index contributed by atoms with van der Waals surface area (Å²) in [6, 6.07) is 0. The second-order valence-corrected chi connectivity index (χ2v) is 5.33. The Morgan fingerprint density at radius 1 is 1.25 bits per heavy atom. The summed E-state index contributed by atoms with van der Waals surface area (Å²) in [7, 11) is -1.19. The minimum atomic E-state index is -3.59. The molecule has 8 heteroatoms. The van der Waals surface area contributed by atoms with Crippen LogP contribution in [-0.4, -0.2) is 63.2 Å². The Bertz CT molecular complexity index is 314. The van der Waals surface area contributed by atoms with Gasteiger partial charge in [0.2, 0.25) is 0 Å². The van der Waals surface area contributed by atoms with Crippen molar-refractivity contribution in [2.75, 3.05) is 20.0 Å². The number of aliphatic hydroxyl groups is 2. The minimum absolute atomic E-state index is 0.0360. The van der Waals surface area contributed by atoms with Crippen LogP contribution in [0.5, 0.6) is 0 Å². The molecule has 0 radical (unpaired) electrons. The fraction of sp³-hybridized carbons (Fsp3) is 1.00. The highest BCUT2D eigenvalue weighted by molar-refractivity contribution is 7.86. The molecule has 16 heavy (non-hydrogen) atoms. The maximum Gasteiger partial charge on any atom is 0.267 e. The average molecular weight is 256 g/mol. The molecule has 1 heterocycles. The van der Waals surface area contributed by atoms with E-state index in [0.717, 1.165) is 7.11 Å². The number of rotatable bonds is 5. The predicted molar refractivity (Wildman–Crippen MR) is 53.1 cm³/mol. The van der Waals surface area contributed by atoms with E-state index in [2.05, 4.69) is 4.18 Å². The quantitative estimate of drug-likeness (QED) is 0.574. The van der Waals surface area contributed by atoms with Crippen molar-refractivity contribution in [3.05, 3.63) is 0 Å². The van der Waals surface area contributed by atoms with Gasteiger partial charge in [0, 0.05) is 7.11 Å². The molecule has 0 amide bonds. The number of methoxy groups -OCH3 is 1. The topological polar surface area (TPSA) is 102 Å². The molecule has 1 aliphatic rings. The summed E-state index contributed by atoms with van der Waals surface area (Å²) in [5.74, 6) is -0.283. The van der Waals surface area contributed by atoms with Crippen molar-refractivity contribution < 1.29 is 32.3 Å². The van der Waals surface area contributed by atoms with Gasteiger partial charge in [0.1, 0.15) is 12.2 Å². The summed E-state index contributed by atoms with van der Waals surface area (Å²) in [5.41, 5.74) is 0. The zero-order chi connectivity index (χ0) is 12.3. The van der Waals surface area contributed by atoms with Crippen LogP contribution in [0.25, 0.3) is 0 Å². The van der Waals surface area contributed by atoms with Crippen molar-refractivity contribution in [2.45, 2.75) is 31.0 Å². The number of ether oxygens (including phenoxy) is 2. The molecule has 0 saturated carbocycles. The number of hydrogen-bond acceptors (Lipinski definition) is 7. The Kier molecular flexibility index (Phi) is 4.65. The van der Waals surface area contributed by atoms with Gasteiger partial charge >= 0.3 is 0 Å². The van der Waals surface area contributed by atoms with Crippen molar-refractivity contribution in [2.24, 2.45) is 0 Å². The van der Waals surface area contributed by atoms with Gasteiger partial charge in [0.25, 0.3) is 10.1 Å². The Morgan fingerprint density at radius 3 is 2.31 bits per heavy atom. The molecular weight excluding hydrogens is 240 g/mol. The normalized spacial score (nSPS) is 35.5. The molecule has 0 aromatic rings. The fourth-order valence-electron chi connectivity index (χ4n) is 1.49. The Balaban J connectivity index is 2.51. The van der Waals surface area contributed by atoms with E-state index >= 15 is 0 Å². The zero-order valence-electron chi connectivity index (χ0n) is 9.07. The Hall–Kier alpha value is -0.250. The molecule has 0 aliphatic carbocycles. The molecule has 0 spiro atoms. The van der Waals surface area contributed by atoms with Crippen molar-refractivity contribution in [1.29, 1.82) is 0 Å². The molecule has 1 aliphatic heterocycles. The van der Waals surface area contributed by atoms with Gasteiger partial charge in [-0.15, -0.1) is 0 Å². The van der Waals surface area contributed by atoms with Crippen LogP contribution in [0.2, 0.25) is 0 Å². The highest BCUT2D eigenvalue weighted by Crippen LogP contribution is 2.24. The van der Waals surface area contributed by atoms with Crippen molar-refractivity contribution in [1.82, 2.24) is 0 Å². The molecular formula is C8H16O7S. The molecule has 0 unspecified atom stereocenters. The van der Waals surface area contributed by atoms with Gasteiger partial charge in [-0.2, -0.15) is 8.42 Å². The summed E-state index contributed by atoms with van der Waals surface area (Å²) in [6.45, 7) is 0. The molecule has 96 valence electrons. The van der Waals surface area contributed by atoms with Gasteiger partial charge in [-0.1, -0.05) is 0 Å². The number of hydrogen-bond donors (Lipinski definition) is 2. The first-order valence-corrected chi connectivity index (χ1v) is 6.31. The van der Waals surface area contributed by atoms with Crippen LogP contribution in [0, 0.1) is 0 Å². The average Bonchev–Trinajstić information content (AvgIpc) is 2.53. The lowest BCUT2D eigenvalue weighted by Gasteiger charge is -2.13. The molecule has 0 aromatic heterocycles. The van der Waals surface area contributed by atoms with E-state index in [0.29, 0.717) is 0 Å². The first-order chi connectivity index (χ1) is 7.41. The standard InChI is InChI=1S/C8H16O7S/c1-13-8-7(10)6(9)5(15-8)3-4-16(11,12)14-2/h5-10H,3-4H2,1-2H3/t5-,6-,7-,8-/m1/s1. The van der Waals surface area contributed by atoms with Crippen LogP contribution >= 0.6 is 0 Å². The van der Waals surface area contributed by atoms with E-state index < -0.39 is 34.7 Å². The lowest BCUT2D eigenvalue weighted by molar-refractivity contribution is -0.148. The van der Waals surface area contributed by atoms with Crippen LogP contribution in [0.4, 0.5) is 0 Å². The van der Waals surface area contributed by atoms with Crippen LogP contribution in [0.15, 0.2) is 0 Å². The molecule has 2 N–H and O–H groups in total. The minimum Gasteiger partial charge on any atom is -0.387 e. The van der Waals surface area contributed by atoms with E-state index in [1.165, 1.54) is 7.11 Å². The summed E-state index contributed by atoms with van der Waals surface area (Å²) in [4.78, 5) is 0. The lowest BCUT2D eigenvalue weighted by atomic mass is 10.1. The second kappa shape index (κ2) is 5.39. The lowest BCUT2D eigenvalue weighted by Crippen LogP contribution is -2.33. The van der Waals surface area contributed by atoms with Crippen molar-refractivity contribution in [3.63, 3.8) is 0 Å². The highest BCUT2D eigenvalue weighted by atomic mass is 32.2. The molecule has 7 nitrogen and oxygen atoms in total. The van der Waals surface area contributed by atoms with Crippen molar-refractivity contribution >= 4 is 10.1 Å². The predicted octanol–water partition coefficient (Wildman–Crippen LogP) is -1.55. The first kappa shape index (κ1) is 13.8. The SMILES string of the molecule is CO[C@@H]1O[C@H](CCS(=O)(=O)OC)[C@@H](O)[C@H]1O. The molecule has 1 rings (SSSR count). The van der Waals surface area contributed by atoms with E-state index in [9.17, 15) is 18.6 Å². The highest BCUT2D eigenvalue weighted by Gasteiger charge is 2.42. The van der Waals surface area contributed by atoms with Crippen molar-refractivity contribution in [3.8, 4) is 0 Å². The van der Waals surface area contributed by atoms with Gasteiger partial charge < -0.3 is 19.7 Å². The van der Waals surface area contributed by atoms with Crippen LogP contribution < -0.4 is 0 Å². The van der Waals surface area contributed by atoms with Gasteiger partial charge in [-0.05, 0) is 6.42 Å². The van der Waals surface area contributed by atoms with Gasteiger partial charge in [0.15, 0.2) is 6.29 Å².